The topological polar surface area (TPSA) is 71.5 Å². The molecule has 0 amide bonds. The van der Waals surface area contributed by atoms with Crippen molar-refractivity contribution >= 4 is 23.2 Å². The summed E-state index contributed by atoms with van der Waals surface area (Å²) in [5.41, 5.74) is 6.40. The number of imidazole rings is 1. The summed E-state index contributed by atoms with van der Waals surface area (Å²) in [6, 6.07) is 19.4. The number of anilines is 1. The highest BCUT2D eigenvalue weighted by atomic mass is 19.1. The number of fused-ring (bicyclic) bond motifs is 1. The molecule has 29 heavy (non-hydrogen) atoms. The molecule has 4 rings (SSSR count). The molecule has 1 heterocycles. The highest BCUT2D eigenvalue weighted by Crippen LogP contribution is 2.28. The number of H-pyrrole nitrogens is 1. The summed E-state index contributed by atoms with van der Waals surface area (Å²) >= 11 is 0. The normalized spacial score (nSPS) is 11.1. The van der Waals surface area contributed by atoms with Gasteiger partial charge in [-0.25, -0.2) is 14.8 Å². The van der Waals surface area contributed by atoms with Gasteiger partial charge in [-0.1, -0.05) is 24.3 Å². The zero-order chi connectivity index (χ0) is 20.1. The number of rotatable bonds is 7. The van der Waals surface area contributed by atoms with Crippen LogP contribution >= 0.6 is 0 Å². The molecule has 0 saturated carbocycles. The lowest BCUT2D eigenvalue weighted by atomic mass is 10.2. The Hall–Kier alpha value is -3.87. The van der Waals surface area contributed by atoms with Crippen LogP contribution in [-0.2, 0) is 6.61 Å². The van der Waals surface area contributed by atoms with Crippen molar-refractivity contribution in [1.29, 1.82) is 0 Å². The quantitative estimate of drug-likeness (QED) is 0.353. The molecule has 146 valence electrons. The van der Waals surface area contributed by atoms with Crippen molar-refractivity contribution in [2.75, 3.05) is 12.5 Å². The van der Waals surface area contributed by atoms with Gasteiger partial charge in [0.05, 0.1) is 24.4 Å². The molecular formula is C22H19FN4O2. The Labute approximate surface area is 167 Å². The Morgan fingerprint density at radius 2 is 1.90 bits per heavy atom. The highest BCUT2D eigenvalue weighted by molar-refractivity contribution is 5.82. The third kappa shape index (κ3) is 4.52. The third-order valence-corrected chi connectivity index (χ3v) is 4.27. The fourth-order valence-electron chi connectivity index (χ4n) is 2.80. The van der Waals surface area contributed by atoms with Crippen LogP contribution in [-0.4, -0.2) is 23.3 Å². The maximum Gasteiger partial charge on any atom is 0.222 e. The number of nitrogens with zero attached hydrogens (tertiary/aromatic N) is 2. The smallest absolute Gasteiger partial charge is 0.222 e. The molecule has 3 aromatic carbocycles. The van der Waals surface area contributed by atoms with Crippen LogP contribution in [0.5, 0.6) is 11.5 Å². The number of ether oxygens (including phenoxy) is 2. The number of nitrogens with one attached hydrogen (secondary N) is 2. The van der Waals surface area contributed by atoms with E-state index in [9.17, 15) is 4.39 Å². The largest absolute Gasteiger partial charge is 0.493 e. The van der Waals surface area contributed by atoms with E-state index in [-0.39, 0.29) is 5.82 Å². The lowest BCUT2D eigenvalue weighted by Gasteiger charge is -2.11. The Morgan fingerprint density at radius 3 is 2.69 bits per heavy atom. The number of methoxy groups -OCH3 is 1. The summed E-state index contributed by atoms with van der Waals surface area (Å²) in [5.74, 6) is 1.47. The Kier molecular flexibility index (Phi) is 5.38. The predicted molar refractivity (Wildman–Crippen MR) is 111 cm³/mol. The molecule has 0 unspecified atom stereocenters. The van der Waals surface area contributed by atoms with Crippen molar-refractivity contribution in [2.24, 2.45) is 5.10 Å². The van der Waals surface area contributed by atoms with Gasteiger partial charge in [0, 0.05) is 0 Å². The minimum Gasteiger partial charge on any atom is -0.493 e. The Bertz CT molecular complexity index is 1110. The number of aromatic nitrogens is 2. The zero-order valence-corrected chi connectivity index (χ0v) is 15.7. The first-order valence-electron chi connectivity index (χ1n) is 9.00. The first-order chi connectivity index (χ1) is 14.2. The van der Waals surface area contributed by atoms with Gasteiger partial charge < -0.3 is 14.5 Å². The molecule has 0 bridgehead atoms. The molecule has 2 N–H and O–H groups in total. The molecular weight excluding hydrogens is 371 g/mol. The van der Waals surface area contributed by atoms with Crippen LogP contribution in [0.2, 0.25) is 0 Å². The van der Waals surface area contributed by atoms with E-state index in [4.69, 9.17) is 9.47 Å². The number of benzene rings is 3. The van der Waals surface area contributed by atoms with Gasteiger partial charge in [-0.3, -0.25) is 0 Å². The average Bonchev–Trinajstić information content (AvgIpc) is 3.16. The van der Waals surface area contributed by atoms with Crippen molar-refractivity contribution < 1.29 is 13.9 Å². The van der Waals surface area contributed by atoms with E-state index in [1.807, 2.05) is 42.5 Å². The monoisotopic (exact) mass is 390 g/mol. The number of aromatic amines is 1. The first kappa shape index (κ1) is 18.5. The number of hydrogen-bond donors (Lipinski definition) is 2. The van der Waals surface area contributed by atoms with Gasteiger partial charge in [0.25, 0.3) is 0 Å². The number of hydrazone groups is 1. The summed E-state index contributed by atoms with van der Waals surface area (Å²) in [4.78, 5) is 7.55. The lowest BCUT2D eigenvalue weighted by Crippen LogP contribution is -1.99. The van der Waals surface area contributed by atoms with Gasteiger partial charge in [0.2, 0.25) is 5.95 Å². The van der Waals surface area contributed by atoms with Crippen LogP contribution in [0.1, 0.15) is 11.1 Å². The standard InChI is InChI=1S/C22H19FN4O2/c1-28-21-12-16(8-11-20(21)29-14-15-6-9-17(23)10-7-15)13-24-27-22-25-18-4-2-3-5-19(18)26-22/h2-13H,14H2,1H3,(H2,25,26,27)/b24-13+. The SMILES string of the molecule is COc1cc(/C=N/Nc2nc3ccccc3[nH]2)ccc1OCc1ccc(F)cc1. The van der Waals surface area contributed by atoms with E-state index < -0.39 is 0 Å². The molecule has 0 saturated heterocycles. The number of halogens is 1. The number of hydrogen-bond acceptors (Lipinski definition) is 5. The Balaban J connectivity index is 1.41. The van der Waals surface area contributed by atoms with Crippen LogP contribution in [0, 0.1) is 5.82 Å². The van der Waals surface area contributed by atoms with Crippen LogP contribution in [0.25, 0.3) is 11.0 Å². The Morgan fingerprint density at radius 1 is 1.07 bits per heavy atom. The third-order valence-electron chi connectivity index (χ3n) is 4.27. The maximum atomic E-state index is 13.0. The van der Waals surface area contributed by atoms with Crippen LogP contribution in [0.15, 0.2) is 71.8 Å². The van der Waals surface area contributed by atoms with Crippen molar-refractivity contribution in [3.8, 4) is 11.5 Å². The molecule has 7 heteroatoms. The molecule has 0 fully saturated rings. The molecule has 4 aromatic rings. The molecule has 6 nitrogen and oxygen atoms in total. The second-order valence-electron chi connectivity index (χ2n) is 6.30. The minimum atomic E-state index is -0.272. The second-order valence-corrected chi connectivity index (χ2v) is 6.30. The molecule has 0 spiro atoms. The van der Waals surface area contributed by atoms with Gasteiger partial charge >= 0.3 is 0 Å². The van der Waals surface area contributed by atoms with E-state index in [0.29, 0.717) is 24.1 Å². The fourth-order valence-corrected chi connectivity index (χ4v) is 2.80. The van der Waals surface area contributed by atoms with Gasteiger partial charge in [-0.2, -0.15) is 5.10 Å². The minimum absolute atomic E-state index is 0.272. The summed E-state index contributed by atoms with van der Waals surface area (Å²) in [6.07, 6.45) is 1.67. The number of para-hydroxylation sites is 2. The molecule has 0 atom stereocenters. The van der Waals surface area contributed by atoms with E-state index in [2.05, 4.69) is 20.5 Å². The van der Waals surface area contributed by atoms with Crippen molar-refractivity contribution in [3.05, 3.63) is 83.7 Å². The highest BCUT2D eigenvalue weighted by Gasteiger charge is 2.06. The van der Waals surface area contributed by atoms with E-state index in [0.717, 1.165) is 22.2 Å². The summed E-state index contributed by atoms with van der Waals surface area (Å²) in [7, 11) is 1.58. The van der Waals surface area contributed by atoms with Crippen molar-refractivity contribution in [3.63, 3.8) is 0 Å². The first-order valence-corrected chi connectivity index (χ1v) is 9.00. The molecule has 0 aliphatic carbocycles. The van der Waals surface area contributed by atoms with Gasteiger partial charge in [0.15, 0.2) is 11.5 Å². The molecule has 0 aliphatic heterocycles. The van der Waals surface area contributed by atoms with Crippen molar-refractivity contribution in [2.45, 2.75) is 6.61 Å². The fraction of sp³-hybridized carbons (Fsp3) is 0.0909. The van der Waals surface area contributed by atoms with Gasteiger partial charge in [-0.05, 0) is 53.6 Å². The van der Waals surface area contributed by atoms with E-state index in [1.54, 1.807) is 25.5 Å². The van der Waals surface area contributed by atoms with E-state index >= 15 is 0 Å². The molecule has 0 radical (unpaired) electrons. The average molecular weight is 390 g/mol. The maximum absolute atomic E-state index is 13.0. The molecule has 0 aliphatic rings. The van der Waals surface area contributed by atoms with Crippen LogP contribution in [0.3, 0.4) is 0 Å². The lowest BCUT2D eigenvalue weighted by molar-refractivity contribution is 0.284. The summed E-state index contributed by atoms with van der Waals surface area (Å²) in [5, 5.41) is 4.21. The predicted octanol–water partition coefficient (Wildman–Crippen LogP) is 4.74. The summed E-state index contributed by atoms with van der Waals surface area (Å²) < 4.78 is 24.2. The summed E-state index contributed by atoms with van der Waals surface area (Å²) in [6.45, 7) is 0.317. The second kappa shape index (κ2) is 8.43. The van der Waals surface area contributed by atoms with Gasteiger partial charge in [0.1, 0.15) is 12.4 Å². The van der Waals surface area contributed by atoms with Crippen molar-refractivity contribution in [1.82, 2.24) is 9.97 Å². The molecule has 1 aromatic heterocycles. The van der Waals surface area contributed by atoms with Gasteiger partial charge in [-0.15, -0.1) is 0 Å². The van der Waals surface area contributed by atoms with Crippen LogP contribution < -0.4 is 14.9 Å². The zero-order valence-electron chi connectivity index (χ0n) is 15.7. The van der Waals surface area contributed by atoms with E-state index in [1.165, 1.54) is 12.1 Å². The van der Waals surface area contributed by atoms with Crippen LogP contribution in [0.4, 0.5) is 10.3 Å².